The van der Waals surface area contributed by atoms with Crippen LogP contribution in [-0.4, -0.2) is 29.9 Å². The Hall–Kier alpha value is -4.54. The monoisotopic (exact) mass is 512 g/mol. The maximum Gasteiger partial charge on any atom is 0.271 e. The van der Waals surface area contributed by atoms with Gasteiger partial charge >= 0.3 is 0 Å². The number of nitriles is 1. The second kappa shape index (κ2) is 11.9. The number of hydrogen-bond donors (Lipinski definition) is 1. The smallest absolute Gasteiger partial charge is 0.271 e. The van der Waals surface area contributed by atoms with Crippen LogP contribution in [0.4, 0.5) is 0 Å². The molecule has 1 N–H and O–H groups in total. The average Bonchev–Trinajstić information content (AvgIpc) is 3.30. The predicted molar refractivity (Wildman–Crippen MR) is 145 cm³/mol. The van der Waals surface area contributed by atoms with Gasteiger partial charge in [0.25, 0.3) is 5.91 Å². The number of benzene rings is 3. The molecular weight excluding hydrogens is 488 g/mol. The van der Waals surface area contributed by atoms with Gasteiger partial charge in [-0.15, -0.1) is 0 Å². The lowest BCUT2D eigenvalue weighted by Crippen LogP contribution is -2.17. The zero-order valence-corrected chi connectivity index (χ0v) is 21.2. The minimum atomic E-state index is -0.347. The van der Waals surface area contributed by atoms with Crippen LogP contribution < -0.4 is 14.9 Å². The van der Waals surface area contributed by atoms with Gasteiger partial charge in [0.15, 0.2) is 18.1 Å². The van der Waals surface area contributed by atoms with Crippen molar-refractivity contribution in [2.75, 3.05) is 13.2 Å². The number of ether oxygens (including phenoxy) is 2. The number of carbonyl (C=O) groups excluding carboxylic acids is 1. The van der Waals surface area contributed by atoms with Crippen molar-refractivity contribution in [1.29, 1.82) is 5.26 Å². The van der Waals surface area contributed by atoms with Crippen LogP contribution in [-0.2, 0) is 0 Å². The Morgan fingerprint density at radius 1 is 1.08 bits per heavy atom. The lowest BCUT2D eigenvalue weighted by Gasteiger charge is -2.13. The molecule has 1 heterocycles. The van der Waals surface area contributed by atoms with Gasteiger partial charge in [-0.3, -0.25) is 4.79 Å². The first-order valence-electron chi connectivity index (χ1n) is 11.7. The molecule has 186 valence electrons. The Morgan fingerprint density at radius 2 is 1.84 bits per heavy atom. The fourth-order valence-corrected chi connectivity index (χ4v) is 4.15. The van der Waals surface area contributed by atoms with Crippen LogP contribution >= 0.6 is 11.6 Å². The molecule has 0 unspecified atom stereocenters. The van der Waals surface area contributed by atoms with Crippen molar-refractivity contribution < 1.29 is 14.3 Å². The van der Waals surface area contributed by atoms with Crippen LogP contribution in [0, 0.1) is 18.3 Å². The molecule has 0 saturated carbocycles. The van der Waals surface area contributed by atoms with Crippen LogP contribution in [0.25, 0.3) is 16.9 Å². The molecule has 0 bridgehead atoms. The molecule has 0 fully saturated rings. The Labute approximate surface area is 220 Å². The van der Waals surface area contributed by atoms with Crippen LogP contribution in [0.15, 0.2) is 84.0 Å². The molecule has 37 heavy (non-hydrogen) atoms. The summed E-state index contributed by atoms with van der Waals surface area (Å²) in [4.78, 5) is 12.7. The van der Waals surface area contributed by atoms with E-state index in [1.807, 2.05) is 50.2 Å². The first kappa shape index (κ1) is 25.5. The molecule has 7 nitrogen and oxygen atoms in total. The molecule has 0 atom stereocenters. The highest BCUT2D eigenvalue weighted by Crippen LogP contribution is 2.36. The van der Waals surface area contributed by atoms with Gasteiger partial charge in [0.1, 0.15) is 6.07 Å². The minimum absolute atomic E-state index is 0.153. The number of nitrogens with one attached hydrogen (secondary N) is 1. The fraction of sp³-hybridized carbons (Fsp3) is 0.138. The van der Waals surface area contributed by atoms with Crippen LogP contribution in [0.1, 0.15) is 28.5 Å². The third kappa shape index (κ3) is 6.00. The molecular formula is C29H25ClN4O3. The van der Waals surface area contributed by atoms with E-state index in [2.05, 4.69) is 39.4 Å². The summed E-state index contributed by atoms with van der Waals surface area (Å²) < 4.78 is 13.1. The van der Waals surface area contributed by atoms with Crippen molar-refractivity contribution in [2.24, 2.45) is 5.10 Å². The highest BCUT2D eigenvalue weighted by atomic mass is 35.5. The summed E-state index contributed by atoms with van der Waals surface area (Å²) in [5.74, 6) is 0.337. The van der Waals surface area contributed by atoms with E-state index in [1.54, 1.807) is 24.3 Å². The first-order chi connectivity index (χ1) is 18.0. The maximum atomic E-state index is 12.7. The Morgan fingerprint density at radius 3 is 2.54 bits per heavy atom. The van der Waals surface area contributed by atoms with Crippen LogP contribution in [0.2, 0.25) is 5.02 Å². The average molecular weight is 513 g/mol. The topological polar surface area (TPSA) is 88.6 Å². The SMILES string of the molecule is CCOc1cc(/C=N/NC(=O)c2ccc(-n3c(C)ccc3-c3ccccc3)cc2)cc(Cl)c1OCC#N. The second-order valence-electron chi connectivity index (χ2n) is 8.02. The molecule has 0 radical (unpaired) electrons. The summed E-state index contributed by atoms with van der Waals surface area (Å²) in [6.45, 7) is 4.11. The van der Waals surface area contributed by atoms with Crippen LogP contribution in [0.5, 0.6) is 11.5 Å². The summed E-state index contributed by atoms with van der Waals surface area (Å²) in [5, 5.41) is 13.1. The molecule has 0 spiro atoms. The van der Waals surface area contributed by atoms with Gasteiger partial charge in [-0.1, -0.05) is 41.9 Å². The van der Waals surface area contributed by atoms with E-state index >= 15 is 0 Å². The number of hydrogen-bond acceptors (Lipinski definition) is 5. The fourth-order valence-electron chi connectivity index (χ4n) is 3.88. The Bertz CT molecular complexity index is 1460. The summed E-state index contributed by atoms with van der Waals surface area (Å²) in [6.07, 6.45) is 1.46. The third-order valence-electron chi connectivity index (χ3n) is 5.53. The van der Waals surface area contributed by atoms with Crippen molar-refractivity contribution in [2.45, 2.75) is 13.8 Å². The quantitative estimate of drug-likeness (QED) is 0.214. The Kier molecular flexibility index (Phi) is 8.24. The van der Waals surface area contributed by atoms with E-state index in [9.17, 15) is 4.79 Å². The van der Waals surface area contributed by atoms with Gasteiger partial charge in [-0.25, -0.2) is 5.43 Å². The number of rotatable bonds is 9. The molecule has 3 aromatic carbocycles. The largest absolute Gasteiger partial charge is 0.490 e. The van der Waals surface area contributed by atoms with E-state index in [-0.39, 0.29) is 17.5 Å². The molecule has 4 rings (SSSR count). The number of amides is 1. The first-order valence-corrected chi connectivity index (χ1v) is 12.0. The standard InChI is InChI=1S/C29H25ClN4O3/c1-3-36-27-18-21(17-25(30)28(27)37-16-15-31)19-32-33-29(35)23-10-12-24(13-11-23)34-20(2)9-14-26(34)22-7-5-4-6-8-22/h4-14,17-19H,3,16H2,1-2H3,(H,33,35)/b32-19+. The summed E-state index contributed by atoms with van der Waals surface area (Å²) in [7, 11) is 0. The molecule has 4 aromatic rings. The lowest BCUT2D eigenvalue weighted by molar-refractivity contribution is 0.0955. The number of carbonyl (C=O) groups is 1. The van der Waals surface area contributed by atoms with E-state index in [1.165, 1.54) is 6.21 Å². The van der Waals surface area contributed by atoms with E-state index in [4.69, 9.17) is 26.3 Å². The van der Waals surface area contributed by atoms with Gasteiger partial charge < -0.3 is 14.0 Å². The summed E-state index contributed by atoms with van der Waals surface area (Å²) in [6, 6.07) is 26.9. The molecule has 0 aliphatic carbocycles. The van der Waals surface area contributed by atoms with Gasteiger partial charge in [-0.05, 0) is 73.5 Å². The van der Waals surface area contributed by atoms with E-state index < -0.39 is 0 Å². The molecule has 0 saturated heterocycles. The van der Waals surface area contributed by atoms with E-state index in [0.29, 0.717) is 29.2 Å². The third-order valence-corrected chi connectivity index (χ3v) is 5.81. The predicted octanol–water partition coefficient (Wildman–Crippen LogP) is 6.17. The molecule has 0 aliphatic heterocycles. The summed E-state index contributed by atoms with van der Waals surface area (Å²) in [5.41, 5.74) is 7.85. The van der Waals surface area contributed by atoms with Crippen molar-refractivity contribution in [3.8, 4) is 34.5 Å². The highest BCUT2D eigenvalue weighted by Gasteiger charge is 2.13. The lowest BCUT2D eigenvalue weighted by atomic mass is 10.1. The van der Waals surface area contributed by atoms with Crippen molar-refractivity contribution in [3.05, 3.63) is 101 Å². The van der Waals surface area contributed by atoms with Gasteiger partial charge in [0.05, 0.1) is 23.5 Å². The highest BCUT2D eigenvalue weighted by molar-refractivity contribution is 6.32. The number of hydrazone groups is 1. The Balaban J connectivity index is 1.47. The van der Waals surface area contributed by atoms with Crippen molar-refractivity contribution in [1.82, 2.24) is 9.99 Å². The maximum absolute atomic E-state index is 12.7. The molecule has 1 amide bonds. The zero-order chi connectivity index (χ0) is 26.2. The molecule has 0 aliphatic rings. The van der Waals surface area contributed by atoms with Crippen LogP contribution in [0.3, 0.4) is 0 Å². The van der Waals surface area contributed by atoms with Gasteiger partial charge in [-0.2, -0.15) is 10.4 Å². The van der Waals surface area contributed by atoms with Gasteiger partial charge in [0, 0.05) is 16.9 Å². The molecule has 1 aromatic heterocycles. The van der Waals surface area contributed by atoms with Crippen molar-refractivity contribution in [3.63, 3.8) is 0 Å². The number of nitrogens with zero attached hydrogens (tertiary/aromatic N) is 3. The molecule has 8 heteroatoms. The second-order valence-corrected chi connectivity index (χ2v) is 8.42. The summed E-state index contributed by atoms with van der Waals surface area (Å²) >= 11 is 6.30. The number of halogens is 1. The normalized spacial score (nSPS) is 10.8. The van der Waals surface area contributed by atoms with Gasteiger partial charge in [0.2, 0.25) is 0 Å². The van der Waals surface area contributed by atoms with E-state index in [0.717, 1.165) is 22.6 Å². The number of aromatic nitrogens is 1. The zero-order valence-electron chi connectivity index (χ0n) is 20.4. The van der Waals surface area contributed by atoms with Crippen molar-refractivity contribution >= 4 is 23.7 Å². The minimum Gasteiger partial charge on any atom is -0.490 e. The number of aryl methyl sites for hydroxylation is 1.